The molecule has 1 aromatic heterocycles. The molecule has 1 unspecified atom stereocenters. The number of rotatable bonds is 5. The quantitative estimate of drug-likeness (QED) is 0.877. The Balaban J connectivity index is 2.31. The van der Waals surface area contributed by atoms with Gasteiger partial charge in [0.2, 0.25) is 10.0 Å². The molecule has 1 heterocycles. The van der Waals surface area contributed by atoms with Crippen molar-refractivity contribution in [2.75, 3.05) is 12.8 Å². The number of anilines is 1. The highest BCUT2D eigenvalue weighted by Gasteiger charge is 2.22. The number of ether oxygens (including phenoxy) is 1. The molecule has 0 aliphatic rings. The number of sulfonamides is 1. The molecule has 0 saturated heterocycles. The van der Waals surface area contributed by atoms with Gasteiger partial charge in [-0.15, -0.1) is 0 Å². The molecule has 21 heavy (non-hydrogen) atoms. The van der Waals surface area contributed by atoms with Crippen molar-refractivity contribution in [3.63, 3.8) is 0 Å². The molecule has 0 saturated carbocycles. The van der Waals surface area contributed by atoms with Gasteiger partial charge < -0.3 is 10.5 Å². The van der Waals surface area contributed by atoms with Gasteiger partial charge in [-0.3, -0.25) is 0 Å². The van der Waals surface area contributed by atoms with E-state index in [0.717, 1.165) is 5.56 Å². The summed E-state index contributed by atoms with van der Waals surface area (Å²) in [5.74, 6) is 0.587. The number of benzene rings is 1. The van der Waals surface area contributed by atoms with E-state index in [2.05, 4.69) is 9.71 Å². The van der Waals surface area contributed by atoms with Crippen molar-refractivity contribution >= 4 is 15.8 Å². The zero-order valence-electron chi connectivity index (χ0n) is 11.8. The number of para-hydroxylation sites is 1. The highest BCUT2D eigenvalue weighted by Crippen LogP contribution is 2.26. The second-order valence-electron chi connectivity index (χ2n) is 4.47. The Bertz CT molecular complexity index is 732. The van der Waals surface area contributed by atoms with Gasteiger partial charge in [0.1, 0.15) is 16.5 Å². The largest absolute Gasteiger partial charge is 0.496 e. The van der Waals surface area contributed by atoms with Crippen LogP contribution in [0.2, 0.25) is 0 Å². The van der Waals surface area contributed by atoms with Crippen LogP contribution in [0.15, 0.2) is 47.5 Å². The third-order valence-electron chi connectivity index (χ3n) is 3.03. The summed E-state index contributed by atoms with van der Waals surface area (Å²) < 4.78 is 32.5. The SMILES string of the molecule is COc1ccccc1C(C)NS(=O)(=O)c1cccnc1N. The standard InChI is InChI=1S/C14H17N3O3S/c1-10(11-6-3-4-7-12(11)20-2)17-21(18,19)13-8-5-9-16-14(13)15/h3-10,17H,1-2H3,(H2,15,16). The maximum atomic E-state index is 12.4. The minimum atomic E-state index is -3.76. The fourth-order valence-electron chi connectivity index (χ4n) is 2.01. The fraction of sp³-hybridized carbons (Fsp3) is 0.214. The number of aromatic nitrogens is 1. The molecular formula is C14H17N3O3S. The Morgan fingerprint density at radius 3 is 2.62 bits per heavy atom. The first-order valence-corrected chi connectivity index (χ1v) is 7.79. The molecule has 3 N–H and O–H groups in total. The van der Waals surface area contributed by atoms with E-state index in [1.807, 2.05) is 12.1 Å². The molecular weight excluding hydrogens is 290 g/mol. The smallest absolute Gasteiger partial charge is 0.244 e. The van der Waals surface area contributed by atoms with Crippen LogP contribution in [0.1, 0.15) is 18.5 Å². The van der Waals surface area contributed by atoms with Crippen molar-refractivity contribution < 1.29 is 13.2 Å². The molecule has 1 atom stereocenters. The number of nitrogens with zero attached hydrogens (tertiary/aromatic N) is 1. The van der Waals surface area contributed by atoms with Crippen molar-refractivity contribution in [1.29, 1.82) is 0 Å². The van der Waals surface area contributed by atoms with Crippen LogP contribution in [0.3, 0.4) is 0 Å². The summed E-state index contributed by atoms with van der Waals surface area (Å²) in [5, 5.41) is 0. The average molecular weight is 307 g/mol. The lowest BCUT2D eigenvalue weighted by molar-refractivity contribution is 0.405. The number of pyridine rings is 1. The Morgan fingerprint density at radius 2 is 1.95 bits per heavy atom. The molecule has 0 spiro atoms. The average Bonchev–Trinajstić information content (AvgIpc) is 2.47. The van der Waals surface area contributed by atoms with Crippen molar-refractivity contribution in [2.45, 2.75) is 17.9 Å². The van der Waals surface area contributed by atoms with Gasteiger partial charge in [-0.25, -0.2) is 18.1 Å². The lowest BCUT2D eigenvalue weighted by Gasteiger charge is -2.17. The van der Waals surface area contributed by atoms with Crippen LogP contribution >= 0.6 is 0 Å². The first kappa shape index (κ1) is 15.3. The van der Waals surface area contributed by atoms with Crippen LogP contribution in [0.25, 0.3) is 0 Å². The molecule has 0 bridgehead atoms. The Kier molecular flexibility index (Phi) is 4.44. The van der Waals surface area contributed by atoms with Gasteiger partial charge in [0.15, 0.2) is 0 Å². The Labute approximate surface area is 124 Å². The van der Waals surface area contributed by atoms with Crippen LogP contribution in [-0.2, 0) is 10.0 Å². The lowest BCUT2D eigenvalue weighted by Crippen LogP contribution is -2.28. The molecule has 112 valence electrons. The maximum absolute atomic E-state index is 12.4. The molecule has 0 amide bonds. The molecule has 0 radical (unpaired) electrons. The van der Waals surface area contributed by atoms with Gasteiger partial charge in [-0.1, -0.05) is 18.2 Å². The van der Waals surface area contributed by atoms with Gasteiger partial charge >= 0.3 is 0 Å². The van der Waals surface area contributed by atoms with Crippen molar-refractivity contribution in [3.8, 4) is 5.75 Å². The highest BCUT2D eigenvalue weighted by molar-refractivity contribution is 7.89. The third kappa shape index (κ3) is 3.32. The van der Waals surface area contributed by atoms with E-state index in [1.165, 1.54) is 18.3 Å². The number of nitrogen functional groups attached to an aromatic ring is 1. The first-order chi connectivity index (χ1) is 9.95. The summed E-state index contributed by atoms with van der Waals surface area (Å²) in [6, 6.07) is 9.70. The molecule has 0 aliphatic carbocycles. The van der Waals surface area contributed by atoms with Gasteiger partial charge in [0.05, 0.1) is 7.11 Å². The second kappa shape index (κ2) is 6.11. The minimum Gasteiger partial charge on any atom is -0.496 e. The number of nitrogens with two attached hydrogens (primary N) is 1. The van der Waals surface area contributed by atoms with E-state index >= 15 is 0 Å². The monoisotopic (exact) mass is 307 g/mol. The van der Waals surface area contributed by atoms with Crippen LogP contribution in [-0.4, -0.2) is 20.5 Å². The van der Waals surface area contributed by atoms with Crippen LogP contribution in [0, 0.1) is 0 Å². The van der Waals surface area contributed by atoms with Gasteiger partial charge in [-0.05, 0) is 25.1 Å². The Hall–Kier alpha value is -2.12. The fourth-order valence-corrected chi connectivity index (χ4v) is 3.32. The summed E-state index contributed by atoms with van der Waals surface area (Å²) >= 11 is 0. The zero-order valence-corrected chi connectivity index (χ0v) is 12.6. The maximum Gasteiger partial charge on any atom is 0.244 e. The van der Waals surface area contributed by atoms with Crippen LogP contribution in [0.5, 0.6) is 5.75 Å². The summed E-state index contributed by atoms with van der Waals surface area (Å²) in [7, 11) is -2.22. The van der Waals surface area contributed by atoms with Gasteiger partial charge in [-0.2, -0.15) is 0 Å². The molecule has 1 aromatic carbocycles. The lowest BCUT2D eigenvalue weighted by atomic mass is 10.1. The number of nitrogens with one attached hydrogen (secondary N) is 1. The first-order valence-electron chi connectivity index (χ1n) is 6.31. The van der Waals surface area contributed by atoms with E-state index in [0.29, 0.717) is 5.75 Å². The van der Waals surface area contributed by atoms with E-state index in [-0.39, 0.29) is 10.7 Å². The van der Waals surface area contributed by atoms with Crippen LogP contribution in [0.4, 0.5) is 5.82 Å². The van der Waals surface area contributed by atoms with E-state index in [1.54, 1.807) is 26.2 Å². The third-order valence-corrected chi connectivity index (χ3v) is 4.61. The molecule has 7 heteroatoms. The molecule has 0 fully saturated rings. The molecule has 6 nitrogen and oxygen atoms in total. The highest BCUT2D eigenvalue weighted by atomic mass is 32.2. The normalized spacial score (nSPS) is 12.9. The second-order valence-corrected chi connectivity index (χ2v) is 6.15. The predicted molar refractivity (Wildman–Crippen MR) is 80.4 cm³/mol. The minimum absolute atomic E-state index is 0.0303. The van der Waals surface area contributed by atoms with Gasteiger partial charge in [0.25, 0.3) is 0 Å². The predicted octanol–water partition coefficient (Wildman–Crippen LogP) is 1.71. The summed E-state index contributed by atoms with van der Waals surface area (Å²) in [5.41, 5.74) is 6.36. The summed E-state index contributed by atoms with van der Waals surface area (Å²) in [6.07, 6.45) is 1.44. The number of hydrogen-bond donors (Lipinski definition) is 2. The van der Waals surface area contributed by atoms with E-state index in [4.69, 9.17) is 10.5 Å². The van der Waals surface area contributed by atoms with Crippen molar-refractivity contribution in [3.05, 3.63) is 48.2 Å². The number of methoxy groups -OCH3 is 1. The Morgan fingerprint density at radius 1 is 1.24 bits per heavy atom. The topological polar surface area (TPSA) is 94.3 Å². The molecule has 2 rings (SSSR count). The van der Waals surface area contributed by atoms with E-state index in [9.17, 15) is 8.42 Å². The summed E-state index contributed by atoms with van der Waals surface area (Å²) in [4.78, 5) is 3.76. The zero-order chi connectivity index (χ0) is 15.5. The van der Waals surface area contributed by atoms with Gasteiger partial charge in [0, 0.05) is 17.8 Å². The van der Waals surface area contributed by atoms with E-state index < -0.39 is 16.1 Å². The molecule has 2 aromatic rings. The molecule has 0 aliphatic heterocycles. The van der Waals surface area contributed by atoms with Crippen molar-refractivity contribution in [2.24, 2.45) is 0 Å². The van der Waals surface area contributed by atoms with Crippen LogP contribution < -0.4 is 15.2 Å². The summed E-state index contributed by atoms with van der Waals surface area (Å²) in [6.45, 7) is 1.74. The number of hydrogen-bond acceptors (Lipinski definition) is 5. The van der Waals surface area contributed by atoms with Crippen molar-refractivity contribution in [1.82, 2.24) is 9.71 Å².